The Kier molecular flexibility index (Phi) is 2.50. The Morgan fingerprint density at radius 2 is 0.882 bits per heavy atom. The monoisotopic (exact) mass is 676 g/mol. The summed E-state index contributed by atoms with van der Waals surface area (Å²) in [6.45, 7) is 0. The highest BCUT2D eigenvalue weighted by atomic mass is 16.3. The lowest BCUT2D eigenvalue weighted by Crippen LogP contribution is -1.93. The van der Waals surface area contributed by atoms with Crippen LogP contribution >= 0.6 is 0 Å². The Hall–Kier alpha value is -6.70. The van der Waals surface area contributed by atoms with Crippen molar-refractivity contribution < 1.29 is 45.5 Å². The second-order valence-electron chi connectivity index (χ2n) is 11.3. The van der Waals surface area contributed by atoms with Crippen molar-refractivity contribution in [2.75, 3.05) is 0 Å². The summed E-state index contributed by atoms with van der Waals surface area (Å²) in [5.74, 6) is 0. The van der Waals surface area contributed by atoms with Crippen LogP contribution in [0.15, 0.2) is 186 Å². The molecule has 0 bridgehead atoms. The molecule has 1 heterocycles. The van der Waals surface area contributed by atoms with Gasteiger partial charge in [-0.2, -0.15) is 0 Å². The van der Waals surface area contributed by atoms with Gasteiger partial charge in [0.15, 0.2) is 0 Å². The predicted octanol–water partition coefficient (Wildman–Crippen LogP) is 14.4. The van der Waals surface area contributed by atoms with Crippen molar-refractivity contribution >= 4 is 75.8 Å². The highest BCUT2D eigenvalue weighted by Gasteiger charge is 2.22. The molecule has 0 aliphatic rings. The Bertz CT molecular complexity index is 4900. The fourth-order valence-electron chi connectivity index (χ4n) is 6.54. The first-order valence-electron chi connectivity index (χ1n) is 30.2. The number of benzene rings is 10. The molecule has 1 heteroatoms. The Morgan fingerprint density at radius 3 is 1.71 bits per heavy atom. The van der Waals surface area contributed by atoms with Crippen molar-refractivity contribution in [2.24, 2.45) is 0 Å². The van der Waals surface area contributed by atoms with Crippen LogP contribution in [0.4, 0.5) is 0 Å². The van der Waals surface area contributed by atoms with E-state index in [0.29, 0.717) is 0 Å². The quantitative estimate of drug-likeness (QED) is 0.134. The van der Waals surface area contributed by atoms with E-state index in [1.54, 1.807) is 0 Å². The predicted molar refractivity (Wildman–Crippen MR) is 218 cm³/mol. The molecule has 11 aromatic rings. The fourth-order valence-corrected chi connectivity index (χ4v) is 6.54. The number of hydrogen-bond donors (Lipinski definition) is 0. The molecule has 10 aromatic carbocycles. The number of rotatable bonds is 3. The van der Waals surface area contributed by atoms with Gasteiger partial charge in [-0.05, 0) is 105 Å². The van der Waals surface area contributed by atoms with Crippen LogP contribution in [0.5, 0.6) is 0 Å². The van der Waals surface area contributed by atoms with Crippen LogP contribution in [0.1, 0.15) is 41.1 Å². The maximum atomic E-state index is 10.3. The van der Waals surface area contributed by atoms with E-state index in [1.807, 2.05) is 0 Å². The summed E-state index contributed by atoms with van der Waals surface area (Å²) >= 11 is 0. The van der Waals surface area contributed by atoms with E-state index >= 15 is 0 Å². The third kappa shape index (κ3) is 4.16. The summed E-state index contributed by atoms with van der Waals surface area (Å²) in [5.41, 5.74) is -6.50. The highest BCUT2D eigenvalue weighted by molar-refractivity contribution is 6.30. The van der Waals surface area contributed by atoms with E-state index in [9.17, 15) is 19.2 Å². The largest absolute Gasteiger partial charge is 0.456 e. The minimum atomic E-state index is -1.15. The second-order valence-corrected chi connectivity index (χ2v) is 11.3. The van der Waals surface area contributed by atoms with E-state index in [-0.39, 0.29) is 0 Å². The third-order valence-electron chi connectivity index (χ3n) is 8.64. The molecule has 0 radical (unpaired) electrons. The molecule has 0 aliphatic carbocycles. The van der Waals surface area contributed by atoms with Crippen LogP contribution in [0.2, 0.25) is 0 Å². The minimum Gasteiger partial charge on any atom is -0.456 e. The molecule has 1 aromatic heterocycles. The molecular formula is C50H30O. The summed E-state index contributed by atoms with van der Waals surface area (Å²) in [6, 6.07) is -29.3. The van der Waals surface area contributed by atoms with Gasteiger partial charge in [-0.15, -0.1) is 0 Å². The first-order chi connectivity index (χ1) is 37.8. The molecule has 51 heavy (non-hydrogen) atoms. The van der Waals surface area contributed by atoms with Crippen LogP contribution in [-0.4, -0.2) is 0 Å². The van der Waals surface area contributed by atoms with Gasteiger partial charge >= 0.3 is 0 Å². The molecule has 0 fully saturated rings. The minimum absolute atomic E-state index is 0.528. The molecule has 0 atom stereocenters. The van der Waals surface area contributed by atoms with Gasteiger partial charge < -0.3 is 4.42 Å². The first kappa shape index (κ1) is 11.7. The average Bonchev–Trinajstić information content (AvgIpc) is 2.20. The van der Waals surface area contributed by atoms with Crippen molar-refractivity contribution in [1.82, 2.24) is 0 Å². The standard InChI is InChI=1S/C50H30O/c1-2-12-31(13-3-1)34-25-28-42-44(30-34)48(43-22-11-23-45-50(43)49-36-17-7-5-15-33(36)26-29-46(49)51-45)41-19-9-8-18-40(41)47(42)39-21-10-20-37-35-16-6-4-14-32(35)24-27-38(37)39/h1-30H/i1D,2D,3D,4D,5D,6D,7D,8D,9D,10D,11D,12D,13D,14D,15D,16D,17D,18D,19D,20D,21D,22D,23D,24D,25D,26D,27D,28D,29D,30D. The smallest absolute Gasteiger partial charge is 0.136 e. The average molecular weight is 677 g/mol. The fraction of sp³-hybridized carbons (Fsp3) is 0. The molecule has 0 saturated heterocycles. The number of fused-ring (bicyclic) bond motifs is 10. The van der Waals surface area contributed by atoms with Gasteiger partial charge in [0.05, 0.1) is 41.1 Å². The molecular weight excluding hydrogens is 617 g/mol. The highest BCUT2D eigenvalue weighted by Crippen LogP contribution is 2.49. The molecule has 0 N–H and O–H groups in total. The molecule has 0 aliphatic heterocycles. The van der Waals surface area contributed by atoms with Crippen LogP contribution in [0.25, 0.3) is 109 Å². The van der Waals surface area contributed by atoms with E-state index in [0.717, 1.165) is 0 Å². The van der Waals surface area contributed by atoms with Crippen LogP contribution in [-0.2, 0) is 0 Å². The van der Waals surface area contributed by atoms with Crippen LogP contribution in [0.3, 0.4) is 0 Å². The maximum absolute atomic E-state index is 10.3. The Labute approximate surface area is 336 Å². The van der Waals surface area contributed by atoms with Crippen molar-refractivity contribution in [3.8, 4) is 33.4 Å². The van der Waals surface area contributed by atoms with E-state index in [2.05, 4.69) is 0 Å². The summed E-state index contributed by atoms with van der Waals surface area (Å²) in [7, 11) is 0. The van der Waals surface area contributed by atoms with E-state index in [1.165, 1.54) is 0 Å². The Balaban J connectivity index is 1.57. The molecule has 236 valence electrons. The van der Waals surface area contributed by atoms with Gasteiger partial charge in [-0.25, -0.2) is 0 Å². The van der Waals surface area contributed by atoms with Gasteiger partial charge in [-0.3, -0.25) is 0 Å². The normalized spacial score (nSPS) is 20.2. The lowest BCUT2D eigenvalue weighted by molar-refractivity contribution is 0.669. The van der Waals surface area contributed by atoms with Crippen LogP contribution in [0, 0.1) is 0 Å². The first-order valence-corrected chi connectivity index (χ1v) is 15.2. The molecule has 1 nitrogen and oxygen atoms in total. The van der Waals surface area contributed by atoms with Crippen molar-refractivity contribution in [3.63, 3.8) is 0 Å². The molecule has 0 amide bonds. The van der Waals surface area contributed by atoms with Gasteiger partial charge in [0, 0.05) is 10.8 Å². The van der Waals surface area contributed by atoms with E-state index in [4.69, 9.17) is 26.3 Å². The summed E-state index contributed by atoms with van der Waals surface area (Å²) in [6.07, 6.45) is 0. The van der Waals surface area contributed by atoms with Gasteiger partial charge in [0.2, 0.25) is 0 Å². The Morgan fingerprint density at radius 1 is 0.314 bits per heavy atom. The van der Waals surface area contributed by atoms with Crippen molar-refractivity contribution in [2.45, 2.75) is 0 Å². The zero-order chi connectivity index (χ0) is 59.6. The van der Waals surface area contributed by atoms with Gasteiger partial charge in [-0.1, -0.05) is 163 Å². The SMILES string of the molecule is [2H]c1c([2H])c([2H])c(-c2c([2H])c([2H])c3c(-c4c([2H])c([2H])c([2H])c5c4c([2H])c([2H])c4c([2H])c([2H])c([2H])c([2H])c45)c4c([2H])c([2H])c([2H])c([2H])c4c(-c4c([2H])c([2H])c([2H])c5oc6c([2H])c([2H])c7c([2H])c([2H])c([2H])c([2H])c7c6c45)c3c2[2H])c([2H])c1[2H]. The lowest BCUT2D eigenvalue weighted by atomic mass is 9.82. The van der Waals surface area contributed by atoms with Crippen LogP contribution < -0.4 is 0 Å². The summed E-state index contributed by atoms with van der Waals surface area (Å²) in [4.78, 5) is 0. The van der Waals surface area contributed by atoms with Crippen molar-refractivity contribution in [1.29, 1.82) is 0 Å². The zero-order valence-corrected chi connectivity index (χ0v) is 25.4. The molecule has 0 unspecified atom stereocenters. The maximum Gasteiger partial charge on any atom is 0.136 e. The molecule has 11 rings (SSSR count). The third-order valence-corrected chi connectivity index (χ3v) is 8.64. The summed E-state index contributed by atoms with van der Waals surface area (Å²) in [5, 5.41) is -8.33. The van der Waals surface area contributed by atoms with E-state index < -0.39 is 290 Å². The van der Waals surface area contributed by atoms with Crippen molar-refractivity contribution in [3.05, 3.63) is 181 Å². The second kappa shape index (κ2) is 10.9. The molecule has 0 saturated carbocycles. The lowest BCUT2D eigenvalue weighted by Gasteiger charge is -2.20. The van der Waals surface area contributed by atoms with Gasteiger partial charge in [0.25, 0.3) is 0 Å². The number of hydrogen-bond acceptors (Lipinski definition) is 1. The number of furan rings is 1. The topological polar surface area (TPSA) is 13.1 Å². The zero-order valence-electron chi connectivity index (χ0n) is 55.4. The molecule has 0 spiro atoms. The van der Waals surface area contributed by atoms with Gasteiger partial charge in [0.1, 0.15) is 11.2 Å². The summed E-state index contributed by atoms with van der Waals surface area (Å²) < 4.78 is 281.